The van der Waals surface area contributed by atoms with Crippen LogP contribution in [0.25, 0.3) is 0 Å². The van der Waals surface area contributed by atoms with E-state index in [1.165, 1.54) is 14.2 Å². The number of hydrogen-bond donors (Lipinski definition) is 2. The largest absolute Gasteiger partial charge is 0.496 e. The van der Waals surface area contributed by atoms with Gasteiger partial charge >= 0.3 is 0 Å². The van der Waals surface area contributed by atoms with E-state index in [2.05, 4.69) is 29.4 Å². The van der Waals surface area contributed by atoms with E-state index in [1.807, 2.05) is 24.3 Å². The molecule has 0 atom stereocenters. The summed E-state index contributed by atoms with van der Waals surface area (Å²) in [4.78, 5) is 15.1. The Morgan fingerprint density at radius 3 is 2.04 bits per heavy atom. The molecule has 6 nitrogen and oxygen atoms in total. The minimum Gasteiger partial charge on any atom is -0.496 e. The quantitative estimate of drug-likeness (QED) is 0.570. The summed E-state index contributed by atoms with van der Waals surface area (Å²) in [5, 5.41) is 6.32. The SMILES string of the molecule is CCN(CC)CCCNc1ccc(NC(=O)c2c(OC)cccc2OC)cc1. The van der Waals surface area contributed by atoms with E-state index in [1.54, 1.807) is 18.2 Å². The standard InChI is InChI=1S/C22H31N3O3/c1-5-25(6-2)16-8-15-23-17-11-13-18(14-12-17)24-22(26)21-19(27-3)9-7-10-20(21)28-4/h7,9-14,23H,5-6,8,15-16H2,1-4H3,(H,24,26). The average molecular weight is 386 g/mol. The molecule has 0 bridgehead atoms. The van der Waals surface area contributed by atoms with Gasteiger partial charge in [0.25, 0.3) is 5.91 Å². The molecule has 2 aromatic carbocycles. The number of benzene rings is 2. The van der Waals surface area contributed by atoms with Gasteiger partial charge < -0.3 is 25.0 Å². The van der Waals surface area contributed by atoms with Gasteiger partial charge in [-0.15, -0.1) is 0 Å². The van der Waals surface area contributed by atoms with E-state index < -0.39 is 0 Å². The molecule has 0 unspecified atom stereocenters. The Hall–Kier alpha value is -2.73. The Kier molecular flexibility index (Phi) is 8.62. The number of anilines is 2. The topological polar surface area (TPSA) is 62.8 Å². The summed E-state index contributed by atoms with van der Waals surface area (Å²) >= 11 is 0. The summed E-state index contributed by atoms with van der Waals surface area (Å²) in [6.45, 7) is 8.55. The molecule has 0 aromatic heterocycles. The van der Waals surface area contributed by atoms with Crippen LogP contribution < -0.4 is 20.1 Å². The molecule has 0 saturated heterocycles. The average Bonchev–Trinajstić information content (AvgIpc) is 2.74. The highest BCUT2D eigenvalue weighted by Crippen LogP contribution is 2.29. The molecule has 0 saturated carbocycles. The van der Waals surface area contributed by atoms with Crippen molar-refractivity contribution in [1.29, 1.82) is 0 Å². The van der Waals surface area contributed by atoms with Crippen molar-refractivity contribution in [3.63, 3.8) is 0 Å². The number of hydrogen-bond acceptors (Lipinski definition) is 5. The van der Waals surface area contributed by atoms with Crippen LogP contribution in [-0.2, 0) is 0 Å². The third kappa shape index (κ3) is 5.89. The molecule has 0 fully saturated rings. The number of rotatable bonds is 11. The van der Waals surface area contributed by atoms with E-state index >= 15 is 0 Å². The Bertz CT molecular complexity index is 721. The third-order valence-electron chi connectivity index (χ3n) is 4.67. The summed E-state index contributed by atoms with van der Waals surface area (Å²) < 4.78 is 10.6. The molecule has 0 heterocycles. The molecule has 2 aromatic rings. The molecule has 152 valence electrons. The molecule has 2 rings (SSSR count). The first-order valence-corrected chi connectivity index (χ1v) is 9.71. The normalized spacial score (nSPS) is 10.6. The third-order valence-corrected chi connectivity index (χ3v) is 4.67. The first-order valence-electron chi connectivity index (χ1n) is 9.71. The molecule has 2 N–H and O–H groups in total. The second-order valence-electron chi connectivity index (χ2n) is 6.38. The lowest BCUT2D eigenvalue weighted by Gasteiger charge is -2.18. The number of ether oxygens (including phenoxy) is 2. The molecule has 6 heteroatoms. The smallest absolute Gasteiger partial charge is 0.263 e. The van der Waals surface area contributed by atoms with Crippen LogP contribution in [0.3, 0.4) is 0 Å². The first-order chi connectivity index (χ1) is 13.6. The van der Waals surface area contributed by atoms with Gasteiger partial charge in [0.2, 0.25) is 0 Å². The molecule has 28 heavy (non-hydrogen) atoms. The number of methoxy groups -OCH3 is 2. The van der Waals surface area contributed by atoms with Crippen LogP contribution >= 0.6 is 0 Å². The van der Waals surface area contributed by atoms with Gasteiger partial charge in [0.1, 0.15) is 17.1 Å². The lowest BCUT2D eigenvalue weighted by molar-refractivity contribution is 0.102. The molecule has 0 aliphatic carbocycles. The van der Waals surface area contributed by atoms with Crippen molar-refractivity contribution < 1.29 is 14.3 Å². The van der Waals surface area contributed by atoms with Crippen molar-refractivity contribution in [2.45, 2.75) is 20.3 Å². The zero-order valence-electron chi connectivity index (χ0n) is 17.2. The monoisotopic (exact) mass is 385 g/mol. The van der Waals surface area contributed by atoms with Gasteiger partial charge in [0, 0.05) is 17.9 Å². The van der Waals surface area contributed by atoms with Crippen molar-refractivity contribution in [1.82, 2.24) is 4.90 Å². The first kappa shape index (κ1) is 21.6. The molecule has 0 radical (unpaired) electrons. The van der Waals surface area contributed by atoms with E-state index in [4.69, 9.17) is 9.47 Å². The molecular formula is C22H31N3O3. The zero-order chi connectivity index (χ0) is 20.4. The summed E-state index contributed by atoms with van der Waals surface area (Å²) in [6.07, 6.45) is 1.09. The van der Waals surface area contributed by atoms with Crippen molar-refractivity contribution in [3.8, 4) is 11.5 Å². The Morgan fingerprint density at radius 2 is 1.50 bits per heavy atom. The van der Waals surface area contributed by atoms with Gasteiger partial charge in [-0.2, -0.15) is 0 Å². The van der Waals surface area contributed by atoms with Gasteiger partial charge in [0.05, 0.1) is 14.2 Å². The maximum atomic E-state index is 12.7. The maximum Gasteiger partial charge on any atom is 0.263 e. The van der Waals surface area contributed by atoms with Crippen molar-refractivity contribution in [2.75, 3.05) is 51.0 Å². The van der Waals surface area contributed by atoms with Crippen LogP contribution in [0.5, 0.6) is 11.5 Å². The van der Waals surface area contributed by atoms with Crippen LogP contribution in [0.15, 0.2) is 42.5 Å². The molecular weight excluding hydrogens is 354 g/mol. The lowest BCUT2D eigenvalue weighted by Crippen LogP contribution is -2.25. The van der Waals surface area contributed by atoms with E-state index in [0.717, 1.165) is 38.3 Å². The van der Waals surface area contributed by atoms with Crippen LogP contribution in [0, 0.1) is 0 Å². The summed E-state index contributed by atoms with van der Waals surface area (Å²) in [6, 6.07) is 13.0. The Morgan fingerprint density at radius 1 is 0.929 bits per heavy atom. The van der Waals surface area contributed by atoms with Crippen molar-refractivity contribution >= 4 is 17.3 Å². The summed E-state index contributed by atoms with van der Waals surface area (Å²) in [7, 11) is 3.07. The van der Waals surface area contributed by atoms with Crippen molar-refractivity contribution in [3.05, 3.63) is 48.0 Å². The molecule has 0 aliphatic heterocycles. The fourth-order valence-corrected chi connectivity index (χ4v) is 3.02. The highest BCUT2D eigenvalue weighted by Gasteiger charge is 2.18. The van der Waals surface area contributed by atoms with Gasteiger partial charge in [-0.05, 0) is 62.5 Å². The highest BCUT2D eigenvalue weighted by molar-refractivity contribution is 6.08. The second kappa shape index (κ2) is 11.2. The Labute approximate surface area is 167 Å². The Balaban J connectivity index is 1.93. The van der Waals surface area contributed by atoms with E-state index in [-0.39, 0.29) is 5.91 Å². The minimum absolute atomic E-state index is 0.269. The number of amides is 1. The van der Waals surface area contributed by atoms with Crippen molar-refractivity contribution in [2.24, 2.45) is 0 Å². The summed E-state index contributed by atoms with van der Waals surface area (Å²) in [5.41, 5.74) is 2.13. The van der Waals surface area contributed by atoms with Crippen LogP contribution in [0.2, 0.25) is 0 Å². The molecule has 1 amide bonds. The molecule has 0 spiro atoms. The van der Waals surface area contributed by atoms with Gasteiger partial charge in [-0.1, -0.05) is 19.9 Å². The van der Waals surface area contributed by atoms with E-state index in [0.29, 0.717) is 22.7 Å². The van der Waals surface area contributed by atoms with Crippen LogP contribution in [-0.4, -0.2) is 51.2 Å². The predicted molar refractivity (Wildman–Crippen MR) is 115 cm³/mol. The maximum absolute atomic E-state index is 12.7. The van der Waals surface area contributed by atoms with Gasteiger partial charge in [0.15, 0.2) is 0 Å². The fourth-order valence-electron chi connectivity index (χ4n) is 3.02. The number of nitrogens with zero attached hydrogens (tertiary/aromatic N) is 1. The molecule has 0 aliphatic rings. The van der Waals surface area contributed by atoms with Crippen LogP contribution in [0.1, 0.15) is 30.6 Å². The van der Waals surface area contributed by atoms with E-state index in [9.17, 15) is 4.79 Å². The summed E-state index contributed by atoms with van der Waals surface area (Å²) in [5.74, 6) is 0.681. The van der Waals surface area contributed by atoms with Crippen LogP contribution in [0.4, 0.5) is 11.4 Å². The minimum atomic E-state index is -0.269. The number of carbonyl (C=O) groups is 1. The van der Waals surface area contributed by atoms with Gasteiger partial charge in [-0.3, -0.25) is 4.79 Å². The van der Waals surface area contributed by atoms with Gasteiger partial charge in [-0.25, -0.2) is 0 Å². The lowest BCUT2D eigenvalue weighted by atomic mass is 10.1. The fraction of sp³-hybridized carbons (Fsp3) is 0.409. The number of carbonyl (C=O) groups excluding carboxylic acids is 1. The number of nitrogens with one attached hydrogen (secondary N) is 2. The predicted octanol–water partition coefficient (Wildman–Crippen LogP) is 4.10. The highest BCUT2D eigenvalue weighted by atomic mass is 16.5. The zero-order valence-corrected chi connectivity index (χ0v) is 17.2. The second-order valence-corrected chi connectivity index (χ2v) is 6.38.